The summed E-state index contributed by atoms with van der Waals surface area (Å²) in [6.45, 7) is 79.8. The molecule has 27 heteroatoms. The maximum atomic E-state index is 14.3. The number of nitro benzene ring substituents is 1. The maximum Gasteiger partial charge on any atom is 0.427 e. The van der Waals surface area contributed by atoms with Crippen LogP contribution in [-0.4, -0.2) is 93.3 Å². The molecule has 0 aliphatic carbocycles. The molecule has 145 heavy (non-hydrogen) atoms. The molecule has 0 aliphatic heterocycles. The van der Waals surface area contributed by atoms with Gasteiger partial charge in [-0.15, -0.1) is 0 Å². The van der Waals surface area contributed by atoms with Crippen molar-refractivity contribution in [3.63, 3.8) is 0 Å². The summed E-state index contributed by atoms with van der Waals surface area (Å²) in [5.74, 6) is -16.4. The highest BCUT2D eigenvalue weighted by Gasteiger charge is 2.80. The molecule has 0 saturated heterocycles. The number of benzene rings is 8. The van der Waals surface area contributed by atoms with Crippen molar-refractivity contribution in [1.29, 1.82) is 0 Å². The van der Waals surface area contributed by atoms with Gasteiger partial charge in [0.05, 0.1) is 15.6 Å². The largest absolute Gasteiger partial charge is 0.427 e. The molecule has 0 radical (unpaired) electrons. The number of rotatable bonds is 19. The fourth-order valence-electron chi connectivity index (χ4n) is 14.6. The predicted molar refractivity (Wildman–Crippen MR) is 579 cm³/mol. The number of nitrogens with zero attached hydrogens (tertiary/aromatic N) is 4. The Bertz CT molecular complexity index is 5760. The summed E-state index contributed by atoms with van der Waals surface area (Å²) in [5, 5.41) is 5.02. The van der Waals surface area contributed by atoms with Gasteiger partial charge < -0.3 is 0 Å². The monoisotopic (exact) mass is 2100 g/mol. The van der Waals surface area contributed by atoms with Gasteiger partial charge in [0.15, 0.2) is 29.4 Å². The molecule has 2 atom stereocenters. The molecule has 8 aromatic rings. The second kappa shape index (κ2) is 48.6. The average molecular weight is 2100 g/mol. The van der Waals surface area contributed by atoms with Crippen molar-refractivity contribution in [3.05, 3.63) is 281 Å². The van der Waals surface area contributed by atoms with Crippen LogP contribution in [0.25, 0.3) is 0 Å². The van der Waals surface area contributed by atoms with E-state index in [2.05, 4.69) is 215 Å². The summed E-state index contributed by atoms with van der Waals surface area (Å²) in [4.78, 5) is 11.1. The predicted octanol–water partition coefficient (Wildman–Crippen LogP) is 34.0. The van der Waals surface area contributed by atoms with Crippen molar-refractivity contribution >= 4 is 35.8 Å². The van der Waals surface area contributed by atoms with Gasteiger partial charge in [0, 0.05) is 68.9 Å². The molecule has 8 aromatic carbocycles. The van der Waals surface area contributed by atoms with Crippen molar-refractivity contribution in [1.82, 2.24) is 12.9 Å². The Labute approximate surface area is 867 Å². The SMILES string of the molecule is CC(C)(C)c1c(F)c(F)c(C(C)(C)C)c(F)c1F.CC(C)(C)c1ccc(C(C)(C)C)cc1.CC(C)(C)c1ccc(C(F)C(F)C(C)(C)C)cc1.CC(C)(C)c1ccc([N+](=O)[O-])c(C(C)(C)C)c1.CN(Cc1ccc(C(C)(C)C)cc1)S(=O)(=O)C(F)(F)C(F)(F)C(F)(F)C(C)(C)C.CN(Cc1ccc(C(C)(C)C)cc1)S(=O)(=O)CCCC(C)(C)C.CN(Cc1ccc(C(C)(C)C)cc1)S(=O)(=O)c1cccc(C(C)(C)C)c1. The minimum absolute atomic E-state index is 0.00906. The van der Waals surface area contributed by atoms with E-state index in [4.69, 9.17) is 0 Å². The van der Waals surface area contributed by atoms with Gasteiger partial charge >= 0.3 is 17.1 Å². The zero-order valence-corrected chi connectivity index (χ0v) is 98.3. The Balaban J connectivity index is 0.000000578. The van der Waals surface area contributed by atoms with Crippen LogP contribution in [0.1, 0.15) is 393 Å². The van der Waals surface area contributed by atoms with E-state index in [9.17, 15) is 88.1 Å². The van der Waals surface area contributed by atoms with Gasteiger partial charge in [0.2, 0.25) is 20.0 Å². The fourth-order valence-corrected chi connectivity index (χ4v) is 18.1. The first kappa shape index (κ1) is 133. The first-order valence-corrected chi connectivity index (χ1v) is 53.9. The lowest BCUT2D eigenvalue weighted by Crippen LogP contribution is -2.64. The quantitative estimate of drug-likeness (QED) is 0.0335. The first-order chi connectivity index (χ1) is 64.4. The van der Waals surface area contributed by atoms with Gasteiger partial charge in [-0.1, -0.05) is 430 Å². The molecule has 0 bridgehead atoms. The second-order valence-electron chi connectivity index (χ2n) is 52.9. The van der Waals surface area contributed by atoms with Crippen LogP contribution in [0.2, 0.25) is 0 Å². The van der Waals surface area contributed by atoms with Crippen molar-refractivity contribution in [3.8, 4) is 0 Å². The minimum atomic E-state index is -6.12. The summed E-state index contributed by atoms with van der Waals surface area (Å²) in [6, 6.07) is 51.5. The van der Waals surface area contributed by atoms with E-state index in [1.165, 1.54) is 84.5 Å². The van der Waals surface area contributed by atoms with Crippen LogP contribution in [0.15, 0.2) is 169 Å². The number of nitro groups is 1. The second-order valence-corrected chi connectivity index (χ2v) is 59.2. The van der Waals surface area contributed by atoms with Crippen LogP contribution in [0.5, 0.6) is 0 Å². The lowest BCUT2D eigenvalue weighted by molar-refractivity contribution is -0.386. The molecule has 12 nitrogen and oxygen atoms in total. The minimum Gasteiger partial charge on any atom is -0.258 e. The lowest BCUT2D eigenvalue weighted by Gasteiger charge is -2.40. The smallest absolute Gasteiger partial charge is 0.258 e. The Hall–Kier alpha value is -7.95. The molecule has 0 aromatic heterocycles. The zero-order chi connectivity index (χ0) is 114. The van der Waals surface area contributed by atoms with E-state index in [0.717, 1.165) is 45.4 Å². The molecule has 0 saturated carbocycles. The third-order valence-electron chi connectivity index (χ3n) is 24.8. The van der Waals surface area contributed by atoms with Gasteiger partial charge in [-0.2, -0.15) is 35.0 Å². The first-order valence-electron chi connectivity index (χ1n) is 49.4. The number of hydrogen-bond donors (Lipinski definition) is 0. The average Bonchev–Trinajstić information content (AvgIpc) is 0.719. The van der Waals surface area contributed by atoms with Gasteiger partial charge in [0.25, 0.3) is 15.7 Å². The molecule has 8 rings (SSSR count). The molecule has 2 unspecified atom stereocenters. The fraction of sp³-hybridized carbons (Fsp3) is 0.593. The number of alkyl halides is 8. The Morgan fingerprint density at radius 3 is 0.876 bits per heavy atom. The maximum absolute atomic E-state index is 14.3. The van der Waals surface area contributed by atoms with E-state index >= 15 is 0 Å². The van der Waals surface area contributed by atoms with E-state index in [1.807, 2.05) is 102 Å². The molecule has 0 aliphatic rings. The molecule has 0 spiro atoms. The van der Waals surface area contributed by atoms with Crippen LogP contribution in [0.4, 0.5) is 58.4 Å². The highest BCUT2D eigenvalue weighted by molar-refractivity contribution is 7.90. The van der Waals surface area contributed by atoms with E-state index in [-0.39, 0.29) is 80.4 Å². The van der Waals surface area contributed by atoms with Gasteiger partial charge in [-0.05, 0) is 168 Å². The lowest BCUT2D eigenvalue weighted by atomic mass is 9.80. The van der Waals surface area contributed by atoms with Crippen molar-refractivity contribution < 1.29 is 82.9 Å². The van der Waals surface area contributed by atoms with E-state index < -0.39 is 122 Å². The standard InChI is InChI=1S/C22H31NO2S.C19H27F6NO2S.C19H33NO2S.C16H24F2.C14H18F4.C14H21NO2.C14H22/c1-21(2,3)18-13-11-17(12-14-18)16-23(7)26(24,25)20-10-8-9-19(15-20)22(4,5)6;1-15(2,3)14-10-8-13(9-11-14)12-26(7)29(27,28)19(24,25)18(22,23)17(20,21)16(4,5)6;1-18(2,3)13-8-14-23(21,22)20(7)15-16-9-11-17(12-10-16)19(4,5)6;1-15(2,3)12-9-7-11(8-10-12)13(17)14(18)16(4,5)6;1-13(2,3)7-9(15)11(17)8(14(4,5)6)12(18)10(7)16;1-13(2,3)10-7-8-12(15(16)17)11(9-10)14(4,5)6;1-13(2,3)11-7-9-12(10-8-11)14(4,5)6/h8-15H,16H2,1-7H3;8-11H,12H2,1-7H3;9-12H,8,13-15H2,1-7H3;7-10,13-14H,1-6H3;1-6H3;7-9H,1-6H3;7-10H,1-6H3. The third-order valence-corrected chi connectivity index (χ3v) is 30.3. The topological polar surface area (TPSA) is 155 Å². The Morgan fingerprint density at radius 2 is 0.607 bits per heavy atom. The van der Waals surface area contributed by atoms with Crippen LogP contribution in [0.3, 0.4) is 0 Å². The van der Waals surface area contributed by atoms with Crippen molar-refractivity contribution in [2.75, 3.05) is 26.9 Å². The zero-order valence-electron chi connectivity index (χ0n) is 95.8. The highest BCUT2D eigenvalue weighted by atomic mass is 32.2. The number of sulfonamides is 3. The molecule has 0 heterocycles. The van der Waals surface area contributed by atoms with Crippen LogP contribution in [-0.2, 0) is 109 Å². The molecule has 0 amide bonds. The molecule has 0 N–H and O–H groups in total. The highest BCUT2D eigenvalue weighted by Crippen LogP contribution is 2.56. The molecule has 818 valence electrons. The molecular formula is C118H176F12N4O8S3. The summed E-state index contributed by atoms with van der Waals surface area (Å²) in [7, 11) is -8.87. The number of halogens is 12. The van der Waals surface area contributed by atoms with Crippen molar-refractivity contribution in [2.45, 2.75) is 417 Å². The summed E-state index contributed by atoms with van der Waals surface area (Å²) in [5.41, 5.74) is 7.18. The third kappa shape index (κ3) is 38.2. The van der Waals surface area contributed by atoms with Gasteiger partial charge in [-0.25, -0.2) is 55.9 Å². The van der Waals surface area contributed by atoms with Crippen LogP contribution >= 0.6 is 0 Å². The Kier molecular flexibility index (Phi) is 44.6. The molecular weight excluding hydrogens is 1930 g/mol. The summed E-state index contributed by atoms with van der Waals surface area (Å²) >= 11 is 0. The van der Waals surface area contributed by atoms with Gasteiger partial charge in [-0.3, -0.25) is 10.1 Å². The number of hydrogen-bond acceptors (Lipinski definition) is 8. The van der Waals surface area contributed by atoms with E-state index in [0.29, 0.717) is 57.8 Å². The van der Waals surface area contributed by atoms with E-state index in [1.54, 1.807) is 77.3 Å². The Morgan fingerprint density at radius 1 is 0.331 bits per heavy atom. The summed E-state index contributed by atoms with van der Waals surface area (Å²) in [6.07, 6.45) is -1.42. The van der Waals surface area contributed by atoms with Crippen LogP contribution in [0, 0.1) is 49.6 Å². The van der Waals surface area contributed by atoms with Gasteiger partial charge in [0.1, 0.15) is 6.17 Å². The van der Waals surface area contributed by atoms with Crippen LogP contribution < -0.4 is 0 Å². The summed E-state index contributed by atoms with van der Waals surface area (Å²) < 4.78 is 247. The van der Waals surface area contributed by atoms with Crippen molar-refractivity contribution in [2.24, 2.45) is 16.2 Å². The normalized spacial score (nSPS) is 13.9. The molecule has 0 fully saturated rings.